The van der Waals surface area contributed by atoms with Gasteiger partial charge in [-0.1, -0.05) is 114 Å². The van der Waals surface area contributed by atoms with Crippen LogP contribution < -0.4 is 5.32 Å². The molecule has 4 aromatic carbocycles. The number of hydrogen-bond donors (Lipinski definition) is 1. The highest BCUT2D eigenvalue weighted by molar-refractivity contribution is 6.00. The molecule has 0 saturated carbocycles. The van der Waals surface area contributed by atoms with E-state index >= 15 is 0 Å². The van der Waals surface area contributed by atoms with Gasteiger partial charge in [0.15, 0.2) is 0 Å². The molecule has 4 rings (SSSR count). The molecule has 27 heavy (non-hydrogen) atoms. The van der Waals surface area contributed by atoms with E-state index in [1.165, 1.54) is 21.5 Å². The Kier molecular flexibility index (Phi) is 10.3. The lowest BCUT2D eigenvalue weighted by Gasteiger charge is -2.12. The molecule has 0 spiro atoms. The average molecular weight is 360 g/mol. The fraction of sp³-hybridized carbons (Fsp3) is 0.231. The lowest BCUT2D eigenvalue weighted by atomic mass is 10.1. The normalized spacial score (nSPS) is 9.11. The lowest BCUT2D eigenvalue weighted by molar-refractivity contribution is 1.50. The Morgan fingerprint density at radius 1 is 0.407 bits per heavy atom. The lowest BCUT2D eigenvalue weighted by Crippen LogP contribution is -1.92. The number of hydrogen-bond acceptors (Lipinski definition) is 1. The Bertz CT molecular complexity index is 837. The summed E-state index contributed by atoms with van der Waals surface area (Å²) in [6.07, 6.45) is 0. The van der Waals surface area contributed by atoms with Gasteiger partial charge >= 0.3 is 0 Å². The van der Waals surface area contributed by atoms with Crippen LogP contribution in [0.25, 0.3) is 21.5 Å². The standard InChI is InChI=1S/C20H15N.3C2H6/c1-3-11-17-15(7-1)9-5-13-19(17)21-20-14-6-10-16-8-2-4-12-18(16)20;3*1-2/h1-14,21H;3*1-2H3. The fourth-order valence-electron chi connectivity index (χ4n) is 2.81. The predicted octanol–water partition coefficient (Wildman–Crippen LogP) is 8.82. The number of rotatable bonds is 2. The second-order valence-corrected chi connectivity index (χ2v) is 5.18. The first-order chi connectivity index (χ1) is 13.4. The number of fused-ring (bicyclic) bond motifs is 2. The molecule has 0 saturated heterocycles. The van der Waals surface area contributed by atoms with E-state index in [0.717, 1.165) is 11.4 Å². The van der Waals surface area contributed by atoms with E-state index in [0.29, 0.717) is 0 Å². The van der Waals surface area contributed by atoms with Crippen LogP contribution >= 0.6 is 0 Å². The van der Waals surface area contributed by atoms with Crippen LogP contribution in [0, 0.1) is 0 Å². The third-order valence-electron chi connectivity index (χ3n) is 3.85. The summed E-state index contributed by atoms with van der Waals surface area (Å²) in [5, 5.41) is 8.58. The predicted molar refractivity (Wildman–Crippen MR) is 125 cm³/mol. The van der Waals surface area contributed by atoms with Crippen molar-refractivity contribution in [3.63, 3.8) is 0 Å². The maximum atomic E-state index is 3.59. The largest absolute Gasteiger partial charge is 0.355 e. The van der Waals surface area contributed by atoms with Crippen molar-refractivity contribution >= 4 is 32.9 Å². The zero-order valence-electron chi connectivity index (χ0n) is 17.6. The van der Waals surface area contributed by atoms with Crippen LogP contribution in [-0.4, -0.2) is 0 Å². The van der Waals surface area contributed by atoms with Gasteiger partial charge in [-0.25, -0.2) is 0 Å². The Morgan fingerprint density at radius 3 is 1.15 bits per heavy atom. The van der Waals surface area contributed by atoms with Crippen LogP contribution in [0.4, 0.5) is 11.4 Å². The van der Waals surface area contributed by atoms with Crippen LogP contribution in [0.5, 0.6) is 0 Å². The highest BCUT2D eigenvalue weighted by Crippen LogP contribution is 2.30. The van der Waals surface area contributed by atoms with Gasteiger partial charge in [0.25, 0.3) is 0 Å². The van der Waals surface area contributed by atoms with E-state index in [-0.39, 0.29) is 0 Å². The van der Waals surface area contributed by atoms with Gasteiger partial charge in [-0.3, -0.25) is 0 Å². The first-order valence-corrected chi connectivity index (χ1v) is 10.1. The van der Waals surface area contributed by atoms with Crippen LogP contribution in [0.1, 0.15) is 41.5 Å². The van der Waals surface area contributed by atoms with E-state index in [1.807, 2.05) is 41.5 Å². The fourth-order valence-corrected chi connectivity index (χ4v) is 2.81. The summed E-state index contributed by atoms with van der Waals surface area (Å²) in [5.74, 6) is 0. The summed E-state index contributed by atoms with van der Waals surface area (Å²) in [7, 11) is 0. The van der Waals surface area contributed by atoms with Crippen molar-refractivity contribution in [1.29, 1.82) is 0 Å². The summed E-state index contributed by atoms with van der Waals surface area (Å²) < 4.78 is 0. The van der Waals surface area contributed by atoms with Crippen LogP contribution in [0.3, 0.4) is 0 Å². The Morgan fingerprint density at radius 2 is 0.741 bits per heavy atom. The van der Waals surface area contributed by atoms with Crippen molar-refractivity contribution in [2.75, 3.05) is 5.32 Å². The Labute approximate surface area is 165 Å². The maximum Gasteiger partial charge on any atom is 0.0464 e. The van der Waals surface area contributed by atoms with Gasteiger partial charge in [-0.15, -0.1) is 0 Å². The SMILES string of the molecule is CC.CC.CC.c1ccc2c(Nc3cccc4ccccc34)cccc2c1. The molecule has 0 unspecified atom stereocenters. The molecule has 0 bridgehead atoms. The van der Waals surface area contributed by atoms with Crippen LogP contribution in [-0.2, 0) is 0 Å². The second-order valence-electron chi connectivity index (χ2n) is 5.18. The molecule has 0 heterocycles. The topological polar surface area (TPSA) is 12.0 Å². The van der Waals surface area contributed by atoms with Crippen molar-refractivity contribution in [3.8, 4) is 0 Å². The molecule has 0 aliphatic carbocycles. The minimum Gasteiger partial charge on any atom is -0.355 e. The molecule has 1 nitrogen and oxygen atoms in total. The van der Waals surface area contributed by atoms with Crippen molar-refractivity contribution in [1.82, 2.24) is 0 Å². The maximum absolute atomic E-state index is 3.59. The first kappa shape index (κ1) is 22.2. The van der Waals surface area contributed by atoms with E-state index in [1.54, 1.807) is 0 Å². The molecule has 142 valence electrons. The quantitative estimate of drug-likeness (QED) is 0.377. The molecule has 0 radical (unpaired) electrons. The molecular formula is C26H33N. The molecule has 0 amide bonds. The van der Waals surface area contributed by atoms with Crippen LogP contribution in [0.15, 0.2) is 84.9 Å². The number of benzene rings is 4. The van der Waals surface area contributed by atoms with E-state index in [9.17, 15) is 0 Å². The Balaban J connectivity index is 0.000000556. The summed E-state index contributed by atoms with van der Waals surface area (Å²) in [4.78, 5) is 0. The number of anilines is 2. The van der Waals surface area contributed by atoms with Crippen LogP contribution in [0.2, 0.25) is 0 Å². The molecule has 1 N–H and O–H groups in total. The summed E-state index contributed by atoms with van der Waals surface area (Å²) >= 11 is 0. The Hall–Kier alpha value is -2.80. The van der Waals surface area contributed by atoms with Crippen molar-refractivity contribution < 1.29 is 0 Å². The highest BCUT2D eigenvalue weighted by Gasteiger charge is 2.03. The molecule has 0 aliphatic rings. The zero-order valence-corrected chi connectivity index (χ0v) is 17.6. The minimum atomic E-state index is 1.14. The molecule has 4 aromatic rings. The molecule has 0 aromatic heterocycles. The summed E-state index contributed by atoms with van der Waals surface area (Å²) in [6, 6.07) is 29.6. The van der Waals surface area contributed by atoms with Gasteiger partial charge in [0.2, 0.25) is 0 Å². The molecule has 0 fully saturated rings. The van der Waals surface area contributed by atoms with Gasteiger partial charge in [0.1, 0.15) is 0 Å². The first-order valence-electron chi connectivity index (χ1n) is 10.1. The van der Waals surface area contributed by atoms with Crippen molar-refractivity contribution in [3.05, 3.63) is 84.9 Å². The molecular weight excluding hydrogens is 326 g/mol. The molecule has 0 atom stereocenters. The zero-order chi connectivity index (χ0) is 20.1. The van der Waals surface area contributed by atoms with Crippen molar-refractivity contribution in [2.45, 2.75) is 41.5 Å². The van der Waals surface area contributed by atoms with E-state index in [4.69, 9.17) is 0 Å². The second kappa shape index (κ2) is 12.5. The van der Waals surface area contributed by atoms with Gasteiger partial charge < -0.3 is 5.32 Å². The smallest absolute Gasteiger partial charge is 0.0464 e. The third-order valence-corrected chi connectivity index (χ3v) is 3.85. The summed E-state index contributed by atoms with van der Waals surface area (Å²) in [6.45, 7) is 12.0. The van der Waals surface area contributed by atoms with E-state index < -0.39 is 0 Å². The number of nitrogens with one attached hydrogen (secondary N) is 1. The van der Waals surface area contributed by atoms with Gasteiger partial charge in [0, 0.05) is 22.1 Å². The third kappa shape index (κ3) is 5.59. The molecule has 0 aliphatic heterocycles. The van der Waals surface area contributed by atoms with E-state index in [2.05, 4.69) is 90.2 Å². The van der Waals surface area contributed by atoms with Gasteiger partial charge in [-0.05, 0) is 22.9 Å². The minimum absolute atomic E-state index is 1.14. The summed E-state index contributed by atoms with van der Waals surface area (Å²) in [5.41, 5.74) is 2.29. The highest BCUT2D eigenvalue weighted by atomic mass is 14.9. The monoisotopic (exact) mass is 359 g/mol. The van der Waals surface area contributed by atoms with Gasteiger partial charge in [0.05, 0.1) is 0 Å². The van der Waals surface area contributed by atoms with Gasteiger partial charge in [-0.2, -0.15) is 0 Å². The van der Waals surface area contributed by atoms with Crippen molar-refractivity contribution in [2.24, 2.45) is 0 Å². The molecule has 1 heteroatoms. The average Bonchev–Trinajstić information content (AvgIpc) is 2.78.